The van der Waals surface area contributed by atoms with E-state index in [0.717, 1.165) is 26.2 Å². The third kappa shape index (κ3) is 5.13. The first-order valence-corrected chi connectivity index (χ1v) is 11.0. The van der Waals surface area contributed by atoms with Gasteiger partial charge in [0, 0.05) is 63.7 Å². The predicted octanol–water partition coefficient (Wildman–Crippen LogP) is 3.30. The minimum atomic E-state index is -0.349. The topological polar surface area (TPSA) is 82.9 Å². The fraction of sp³-hybridized carbons (Fsp3) is 0.571. The van der Waals surface area contributed by atoms with Crippen LogP contribution in [0.5, 0.6) is 5.75 Å². The Hall–Kier alpha value is -2.30. The number of hydrogen-bond donors (Lipinski definition) is 1. The third-order valence-electron chi connectivity index (χ3n) is 5.13. The molecule has 31 heavy (non-hydrogen) atoms. The van der Waals surface area contributed by atoms with Crippen molar-refractivity contribution in [3.63, 3.8) is 0 Å². The van der Waals surface area contributed by atoms with Gasteiger partial charge in [0.1, 0.15) is 11.6 Å². The molecule has 9 nitrogen and oxygen atoms in total. The molecule has 2 amide bonds. The number of hydrogen-bond acceptors (Lipinski definition) is 7. The second-order valence-electron chi connectivity index (χ2n) is 8.98. The summed E-state index contributed by atoms with van der Waals surface area (Å²) in [6, 6.07) is 3.34. The van der Waals surface area contributed by atoms with Crippen molar-refractivity contribution in [3.05, 3.63) is 18.0 Å². The first-order chi connectivity index (χ1) is 14.5. The molecule has 1 aliphatic rings. The van der Waals surface area contributed by atoms with Crippen LogP contribution in [0.25, 0.3) is 11.0 Å². The van der Waals surface area contributed by atoms with Gasteiger partial charge in [0.25, 0.3) is 5.24 Å². The van der Waals surface area contributed by atoms with E-state index in [1.807, 2.05) is 20.8 Å². The Kier molecular flexibility index (Phi) is 6.82. The van der Waals surface area contributed by atoms with Gasteiger partial charge in [-0.1, -0.05) is 20.8 Å². The van der Waals surface area contributed by atoms with E-state index in [1.54, 1.807) is 37.9 Å². The Bertz CT molecular complexity index is 974. The van der Waals surface area contributed by atoms with Crippen molar-refractivity contribution in [3.8, 4) is 5.75 Å². The van der Waals surface area contributed by atoms with Gasteiger partial charge >= 0.3 is 6.03 Å². The molecule has 0 aliphatic carbocycles. The average molecular weight is 449 g/mol. The number of aromatic nitrogens is 2. The van der Waals surface area contributed by atoms with Crippen LogP contribution < -0.4 is 10.1 Å². The normalized spacial score (nSPS) is 15.8. The van der Waals surface area contributed by atoms with Crippen molar-refractivity contribution in [2.75, 3.05) is 59.7 Å². The van der Waals surface area contributed by atoms with Gasteiger partial charge in [-0.2, -0.15) is 0 Å². The van der Waals surface area contributed by atoms with Gasteiger partial charge in [-0.05, 0) is 13.1 Å². The van der Waals surface area contributed by atoms with E-state index < -0.39 is 0 Å². The number of anilines is 1. The Morgan fingerprint density at radius 1 is 1.16 bits per heavy atom. The molecule has 1 aromatic heterocycles. The number of methoxy groups -OCH3 is 1. The molecule has 2 aromatic rings. The lowest BCUT2D eigenvalue weighted by Crippen LogP contribution is -2.41. The lowest BCUT2D eigenvalue weighted by atomic mass is 9.96. The molecule has 2 heterocycles. The molecule has 1 aromatic carbocycles. The fourth-order valence-electron chi connectivity index (χ4n) is 3.40. The van der Waals surface area contributed by atoms with Crippen LogP contribution in [0.2, 0.25) is 0 Å². The van der Waals surface area contributed by atoms with Crippen LogP contribution in [0, 0.1) is 0 Å². The molecule has 0 atom stereocenters. The quantitative estimate of drug-likeness (QED) is 0.722. The first kappa shape index (κ1) is 23.4. The maximum absolute atomic E-state index is 13.0. The highest BCUT2D eigenvalue weighted by atomic mass is 32.2. The second-order valence-corrected chi connectivity index (χ2v) is 10.0. The minimum Gasteiger partial charge on any atom is -0.494 e. The molecule has 0 unspecified atom stereocenters. The Balaban J connectivity index is 1.97. The molecule has 1 fully saturated rings. The fourth-order valence-corrected chi connectivity index (χ4v) is 4.13. The van der Waals surface area contributed by atoms with Gasteiger partial charge < -0.3 is 19.9 Å². The van der Waals surface area contributed by atoms with Crippen LogP contribution in [-0.2, 0) is 5.41 Å². The van der Waals surface area contributed by atoms with Gasteiger partial charge in [-0.15, -0.1) is 0 Å². The number of carbonyl (C=O) groups is 2. The highest BCUT2D eigenvalue weighted by Gasteiger charge is 2.28. The minimum absolute atomic E-state index is 0.191. The van der Waals surface area contributed by atoms with Crippen molar-refractivity contribution in [2.45, 2.75) is 26.2 Å². The molecule has 0 spiro atoms. The van der Waals surface area contributed by atoms with E-state index in [0.29, 0.717) is 28.3 Å². The number of carbonyl (C=O) groups excluding carboxylic acids is 2. The molecule has 0 radical (unpaired) electrons. The Labute approximate surface area is 187 Å². The molecule has 10 heteroatoms. The van der Waals surface area contributed by atoms with Gasteiger partial charge in [0.2, 0.25) is 0 Å². The summed E-state index contributed by atoms with van der Waals surface area (Å²) in [5, 5.41) is 2.74. The molecule has 170 valence electrons. The third-order valence-corrected chi connectivity index (χ3v) is 6.02. The maximum Gasteiger partial charge on any atom is 0.329 e. The monoisotopic (exact) mass is 448 g/mol. The molecular weight excluding hydrogens is 416 g/mol. The first-order valence-electron chi connectivity index (χ1n) is 10.3. The van der Waals surface area contributed by atoms with Crippen molar-refractivity contribution in [1.29, 1.82) is 0 Å². The zero-order valence-electron chi connectivity index (χ0n) is 19.4. The zero-order chi connectivity index (χ0) is 22.9. The number of benzene rings is 1. The summed E-state index contributed by atoms with van der Waals surface area (Å²) in [6.07, 6.45) is 0. The van der Waals surface area contributed by atoms with Crippen molar-refractivity contribution in [1.82, 2.24) is 23.7 Å². The predicted molar refractivity (Wildman–Crippen MR) is 125 cm³/mol. The maximum atomic E-state index is 13.0. The Morgan fingerprint density at radius 3 is 2.35 bits per heavy atom. The number of piperazine rings is 1. The van der Waals surface area contributed by atoms with Crippen LogP contribution >= 0.6 is 11.9 Å². The van der Waals surface area contributed by atoms with E-state index >= 15 is 0 Å². The number of imidazole rings is 1. The SMILES string of the molecule is COc1cc2nc(C(C)(C)C)n(C(=O)N(C)C)c2cc1NC(=O)SN1CCN(C)CC1. The summed E-state index contributed by atoms with van der Waals surface area (Å²) in [7, 11) is 7.04. The molecule has 1 saturated heterocycles. The lowest BCUT2D eigenvalue weighted by Gasteiger charge is -2.30. The summed E-state index contributed by atoms with van der Waals surface area (Å²) in [6.45, 7) is 9.54. The van der Waals surface area contributed by atoms with E-state index in [1.165, 1.54) is 16.8 Å². The van der Waals surface area contributed by atoms with Gasteiger partial charge in [-0.3, -0.25) is 4.79 Å². The van der Waals surface area contributed by atoms with E-state index in [9.17, 15) is 9.59 Å². The average Bonchev–Trinajstić information content (AvgIpc) is 3.07. The second kappa shape index (κ2) is 9.05. The molecule has 0 saturated carbocycles. The Morgan fingerprint density at radius 2 is 1.81 bits per heavy atom. The van der Waals surface area contributed by atoms with Crippen molar-refractivity contribution in [2.24, 2.45) is 0 Å². The largest absolute Gasteiger partial charge is 0.494 e. The molecule has 1 aliphatic heterocycles. The highest BCUT2D eigenvalue weighted by Crippen LogP contribution is 2.34. The molecule has 3 rings (SSSR count). The van der Waals surface area contributed by atoms with Gasteiger partial charge in [0.15, 0.2) is 0 Å². The summed E-state index contributed by atoms with van der Waals surface area (Å²) >= 11 is 1.17. The van der Waals surface area contributed by atoms with Crippen molar-refractivity contribution >= 4 is 39.9 Å². The van der Waals surface area contributed by atoms with Crippen LogP contribution in [0.3, 0.4) is 0 Å². The van der Waals surface area contributed by atoms with E-state index in [2.05, 4.69) is 21.6 Å². The zero-order valence-corrected chi connectivity index (χ0v) is 20.2. The van der Waals surface area contributed by atoms with Crippen LogP contribution in [0.15, 0.2) is 12.1 Å². The summed E-state index contributed by atoms with van der Waals surface area (Å²) in [5.41, 5.74) is 1.43. The van der Waals surface area contributed by atoms with Crippen LogP contribution in [0.1, 0.15) is 26.6 Å². The number of nitrogens with one attached hydrogen (secondary N) is 1. The molecule has 1 N–H and O–H groups in total. The number of fused-ring (bicyclic) bond motifs is 1. The summed E-state index contributed by atoms with van der Waals surface area (Å²) < 4.78 is 9.17. The lowest BCUT2D eigenvalue weighted by molar-refractivity contribution is 0.218. The molecular formula is C21H32N6O3S. The van der Waals surface area contributed by atoms with Crippen LogP contribution in [-0.4, -0.2) is 89.4 Å². The smallest absolute Gasteiger partial charge is 0.329 e. The van der Waals surface area contributed by atoms with Gasteiger partial charge in [0.05, 0.1) is 23.8 Å². The van der Waals surface area contributed by atoms with E-state index in [4.69, 9.17) is 9.72 Å². The van der Waals surface area contributed by atoms with Crippen LogP contribution in [0.4, 0.5) is 15.3 Å². The van der Waals surface area contributed by atoms with Crippen molar-refractivity contribution < 1.29 is 14.3 Å². The van der Waals surface area contributed by atoms with E-state index in [-0.39, 0.29) is 16.7 Å². The number of ether oxygens (including phenoxy) is 1. The number of rotatable bonds is 3. The van der Waals surface area contributed by atoms with Gasteiger partial charge in [-0.25, -0.2) is 18.7 Å². The molecule has 0 bridgehead atoms. The number of likely N-dealkylation sites (N-methyl/N-ethyl adjacent to an activating group) is 1. The summed E-state index contributed by atoms with van der Waals surface area (Å²) in [4.78, 5) is 34.2. The number of amides is 2. The number of nitrogens with zero attached hydrogens (tertiary/aromatic N) is 5. The summed E-state index contributed by atoms with van der Waals surface area (Å²) in [5.74, 6) is 1.15. The highest BCUT2D eigenvalue weighted by molar-refractivity contribution is 8.11. The standard InChI is InChI=1S/C21H32N6O3S/c1-21(2,3)18-22-14-13-17(30-7)15(12-16(14)27(18)20(29)24(4)5)23-19(28)31-26-10-8-25(6)9-11-26/h12-13H,8-11H2,1-7H3,(H,23,28).